The van der Waals surface area contributed by atoms with Crippen LogP contribution in [0.1, 0.15) is 51.5 Å². The van der Waals surface area contributed by atoms with Gasteiger partial charge in [0, 0.05) is 32.8 Å². The van der Waals surface area contributed by atoms with Gasteiger partial charge in [-0.15, -0.1) is 32.9 Å². The molecule has 0 bridgehead atoms. The van der Waals surface area contributed by atoms with E-state index in [2.05, 4.69) is 70.5 Å². The van der Waals surface area contributed by atoms with Crippen molar-refractivity contribution in [3.8, 4) is 22.5 Å². The maximum Gasteiger partial charge on any atom is 0.341 e. The molecule has 0 saturated heterocycles. The fourth-order valence-electron chi connectivity index (χ4n) is 4.78. The first-order chi connectivity index (χ1) is 18.4. The van der Waals surface area contributed by atoms with Gasteiger partial charge in [-0.1, -0.05) is 41.6 Å². The van der Waals surface area contributed by atoms with Crippen molar-refractivity contribution in [2.24, 2.45) is 0 Å². The maximum absolute atomic E-state index is 13.0. The fraction of sp³-hybridized carbons (Fsp3) is 0.357. The Bertz CT molecular complexity index is 1480. The molecule has 0 spiro atoms. The highest BCUT2D eigenvalue weighted by molar-refractivity contribution is 7.99. The van der Waals surface area contributed by atoms with E-state index in [1.807, 2.05) is 0 Å². The van der Waals surface area contributed by atoms with Crippen LogP contribution in [0.3, 0.4) is 0 Å². The molecule has 3 aromatic heterocycles. The highest BCUT2D eigenvalue weighted by Crippen LogP contribution is 2.41. The van der Waals surface area contributed by atoms with Crippen LogP contribution in [0.25, 0.3) is 22.5 Å². The highest BCUT2D eigenvalue weighted by atomic mass is 32.2. The average Bonchev–Trinajstić information content (AvgIpc) is 3.66. The number of ether oxygens (including phenoxy) is 1. The van der Waals surface area contributed by atoms with Crippen molar-refractivity contribution in [2.45, 2.75) is 58.7 Å². The molecule has 0 atom stereocenters. The van der Waals surface area contributed by atoms with Gasteiger partial charge in [-0.2, -0.15) is 0 Å². The van der Waals surface area contributed by atoms with Gasteiger partial charge in [-0.25, -0.2) is 4.79 Å². The molecule has 0 saturated carbocycles. The average molecular weight is 567 g/mol. The number of nitrogens with zero attached hydrogens (tertiary/aromatic N) is 3. The van der Waals surface area contributed by atoms with E-state index in [-0.39, 0.29) is 17.6 Å². The van der Waals surface area contributed by atoms with Crippen LogP contribution in [-0.2, 0) is 28.9 Å². The Kier molecular flexibility index (Phi) is 8.01. The normalized spacial score (nSPS) is 12.5. The van der Waals surface area contributed by atoms with Crippen LogP contribution in [0.2, 0.25) is 0 Å². The van der Waals surface area contributed by atoms with E-state index in [0.717, 1.165) is 41.8 Å². The van der Waals surface area contributed by atoms with Gasteiger partial charge in [0.05, 0.1) is 17.9 Å². The minimum Gasteiger partial charge on any atom is -0.462 e. The number of hydrogen-bond donors (Lipinski definition) is 1. The van der Waals surface area contributed by atoms with Gasteiger partial charge in [-0.3, -0.25) is 4.79 Å². The number of aromatic nitrogens is 3. The number of anilines is 1. The van der Waals surface area contributed by atoms with Crippen LogP contribution >= 0.6 is 34.4 Å². The minimum absolute atomic E-state index is 0.163. The third-order valence-corrected chi connectivity index (χ3v) is 9.66. The van der Waals surface area contributed by atoms with Gasteiger partial charge in [0.2, 0.25) is 5.91 Å². The summed E-state index contributed by atoms with van der Waals surface area (Å²) in [5.41, 5.74) is 6.15. The number of fused-ring (bicyclic) bond motifs is 1. The second kappa shape index (κ2) is 11.4. The van der Waals surface area contributed by atoms with E-state index in [1.54, 1.807) is 18.3 Å². The summed E-state index contributed by atoms with van der Waals surface area (Å²) in [4.78, 5) is 28.0. The summed E-state index contributed by atoms with van der Waals surface area (Å²) in [5, 5.41) is 15.4. The van der Waals surface area contributed by atoms with Crippen LogP contribution < -0.4 is 5.32 Å². The first-order valence-electron chi connectivity index (χ1n) is 12.7. The maximum atomic E-state index is 13.0. The molecule has 5 rings (SSSR count). The molecule has 1 N–H and O–H groups in total. The molecule has 1 aliphatic rings. The summed E-state index contributed by atoms with van der Waals surface area (Å²) >= 11 is 4.54. The Morgan fingerprint density at radius 1 is 1.13 bits per heavy atom. The number of benzene rings is 1. The van der Waals surface area contributed by atoms with Gasteiger partial charge in [0.15, 0.2) is 11.0 Å². The molecule has 10 heteroatoms. The minimum atomic E-state index is -0.361. The zero-order valence-electron chi connectivity index (χ0n) is 21.9. The lowest BCUT2D eigenvalue weighted by Gasteiger charge is -2.10. The number of carbonyl (C=O) groups is 2. The zero-order chi connectivity index (χ0) is 26.8. The van der Waals surface area contributed by atoms with Gasteiger partial charge >= 0.3 is 5.97 Å². The van der Waals surface area contributed by atoms with Gasteiger partial charge in [-0.05, 0) is 58.1 Å². The van der Waals surface area contributed by atoms with Crippen molar-refractivity contribution >= 4 is 51.3 Å². The lowest BCUT2D eigenvalue weighted by atomic mass is 10.0. The molecule has 3 heterocycles. The SMILES string of the molecule is CCOC(=O)c1c(NC(=O)CSc2nnc(-c3csc(C)c3-c3ccc(C)cc3)n2CC)sc2c1CCC2. The van der Waals surface area contributed by atoms with E-state index in [0.29, 0.717) is 28.9 Å². The third kappa shape index (κ3) is 5.17. The predicted octanol–water partition coefficient (Wildman–Crippen LogP) is 6.77. The smallest absolute Gasteiger partial charge is 0.341 e. The predicted molar refractivity (Wildman–Crippen MR) is 156 cm³/mol. The van der Waals surface area contributed by atoms with Gasteiger partial charge < -0.3 is 14.6 Å². The quantitative estimate of drug-likeness (QED) is 0.178. The van der Waals surface area contributed by atoms with Crippen molar-refractivity contribution in [1.82, 2.24) is 14.8 Å². The molecule has 0 radical (unpaired) electrons. The van der Waals surface area contributed by atoms with Crippen LogP contribution in [0.5, 0.6) is 0 Å². The Morgan fingerprint density at radius 3 is 2.66 bits per heavy atom. The van der Waals surface area contributed by atoms with Crippen LogP contribution in [-0.4, -0.2) is 39.0 Å². The van der Waals surface area contributed by atoms with Crippen molar-refractivity contribution < 1.29 is 14.3 Å². The zero-order valence-corrected chi connectivity index (χ0v) is 24.4. The summed E-state index contributed by atoms with van der Waals surface area (Å²) in [6.45, 7) is 9.04. The molecule has 0 fully saturated rings. The number of aryl methyl sites for hydroxylation is 3. The molecule has 0 aliphatic heterocycles. The Labute approximate surface area is 234 Å². The molecule has 1 amide bonds. The third-order valence-electron chi connectivity index (χ3n) is 6.58. The number of hydrogen-bond acceptors (Lipinski definition) is 8. The molecule has 38 heavy (non-hydrogen) atoms. The number of carbonyl (C=O) groups excluding carboxylic acids is 2. The first kappa shape index (κ1) is 26.6. The lowest BCUT2D eigenvalue weighted by Crippen LogP contribution is -2.17. The van der Waals surface area contributed by atoms with E-state index in [1.165, 1.54) is 44.0 Å². The number of amides is 1. The van der Waals surface area contributed by atoms with Crippen molar-refractivity contribution in [3.63, 3.8) is 0 Å². The Hall–Kier alpha value is -2.95. The van der Waals surface area contributed by atoms with E-state index in [4.69, 9.17) is 4.74 Å². The number of thioether (sulfide) groups is 1. The molecule has 1 aliphatic carbocycles. The largest absolute Gasteiger partial charge is 0.462 e. The van der Waals surface area contributed by atoms with Crippen LogP contribution in [0.4, 0.5) is 5.00 Å². The van der Waals surface area contributed by atoms with Gasteiger partial charge in [0.25, 0.3) is 0 Å². The molecular formula is C28H30N4O3S3. The van der Waals surface area contributed by atoms with Crippen molar-refractivity contribution in [1.29, 1.82) is 0 Å². The van der Waals surface area contributed by atoms with E-state index in [9.17, 15) is 9.59 Å². The van der Waals surface area contributed by atoms with Crippen molar-refractivity contribution in [3.05, 3.63) is 56.1 Å². The standard InChI is InChI=1S/C28H30N4O3S3/c1-5-32-25(20-14-36-17(4)23(20)18-12-10-16(3)11-13-18)30-31-28(32)37-15-22(33)29-26-24(27(34)35-6-2)19-8-7-9-21(19)38-26/h10-14H,5-9,15H2,1-4H3,(H,29,33). The van der Waals surface area contributed by atoms with E-state index < -0.39 is 0 Å². The number of nitrogens with one attached hydrogen (secondary N) is 1. The number of rotatable bonds is 9. The van der Waals surface area contributed by atoms with Crippen LogP contribution in [0.15, 0.2) is 34.8 Å². The molecule has 7 nitrogen and oxygen atoms in total. The molecule has 0 unspecified atom stereocenters. The summed E-state index contributed by atoms with van der Waals surface area (Å²) in [7, 11) is 0. The highest BCUT2D eigenvalue weighted by Gasteiger charge is 2.28. The summed E-state index contributed by atoms with van der Waals surface area (Å²) in [6, 6.07) is 8.53. The molecule has 1 aromatic carbocycles. The second-order valence-electron chi connectivity index (χ2n) is 9.12. The van der Waals surface area contributed by atoms with E-state index >= 15 is 0 Å². The first-order valence-corrected chi connectivity index (χ1v) is 15.4. The van der Waals surface area contributed by atoms with Crippen molar-refractivity contribution in [2.75, 3.05) is 17.7 Å². The lowest BCUT2D eigenvalue weighted by molar-refractivity contribution is -0.113. The van der Waals surface area contributed by atoms with Crippen LogP contribution in [0, 0.1) is 13.8 Å². The summed E-state index contributed by atoms with van der Waals surface area (Å²) < 4.78 is 7.33. The Balaban J connectivity index is 1.34. The fourth-order valence-corrected chi connectivity index (χ4v) is 7.74. The molecule has 198 valence electrons. The van der Waals surface area contributed by atoms with Gasteiger partial charge in [0.1, 0.15) is 5.00 Å². The second-order valence-corrected chi connectivity index (χ2v) is 12.2. The molecular weight excluding hydrogens is 537 g/mol. The summed E-state index contributed by atoms with van der Waals surface area (Å²) in [6.07, 6.45) is 2.81. The summed E-state index contributed by atoms with van der Waals surface area (Å²) in [5.74, 6) is 0.422. The Morgan fingerprint density at radius 2 is 1.92 bits per heavy atom. The molecule has 4 aromatic rings. The monoisotopic (exact) mass is 566 g/mol. The number of thiophene rings is 2. The number of esters is 1. The topological polar surface area (TPSA) is 86.1 Å².